The molecule has 0 aliphatic heterocycles. The summed E-state index contributed by atoms with van der Waals surface area (Å²) in [4.78, 5) is 34.3. The monoisotopic (exact) mass is 344 g/mol. The Morgan fingerprint density at radius 1 is 1.20 bits per heavy atom. The summed E-state index contributed by atoms with van der Waals surface area (Å²) < 4.78 is 4.83. The molecule has 0 unspecified atom stereocenters. The Morgan fingerprint density at radius 2 is 1.88 bits per heavy atom. The summed E-state index contributed by atoms with van der Waals surface area (Å²) in [5.41, 5.74) is 1.06. The van der Waals surface area contributed by atoms with Gasteiger partial charge in [0.15, 0.2) is 6.61 Å². The second kappa shape index (κ2) is 7.43. The van der Waals surface area contributed by atoms with Gasteiger partial charge in [0, 0.05) is 6.07 Å². The topological polar surface area (TPSA) is 119 Å². The zero-order valence-corrected chi connectivity index (χ0v) is 13.6. The van der Waals surface area contributed by atoms with Gasteiger partial charge in [0.1, 0.15) is 17.0 Å². The molecule has 25 heavy (non-hydrogen) atoms. The minimum atomic E-state index is -0.872. The number of amides is 1. The van der Waals surface area contributed by atoms with E-state index in [9.17, 15) is 24.8 Å². The number of benzene rings is 2. The number of aromatic hydroxyl groups is 1. The van der Waals surface area contributed by atoms with Crippen LogP contribution in [0, 0.1) is 24.0 Å². The van der Waals surface area contributed by atoms with Crippen LogP contribution in [-0.4, -0.2) is 28.5 Å². The number of nitrogens with zero attached hydrogens (tertiary/aromatic N) is 1. The van der Waals surface area contributed by atoms with Crippen molar-refractivity contribution >= 4 is 23.3 Å². The van der Waals surface area contributed by atoms with E-state index in [2.05, 4.69) is 5.32 Å². The van der Waals surface area contributed by atoms with Gasteiger partial charge < -0.3 is 15.2 Å². The van der Waals surface area contributed by atoms with E-state index in [-0.39, 0.29) is 22.7 Å². The lowest BCUT2D eigenvalue weighted by molar-refractivity contribution is -0.384. The van der Waals surface area contributed by atoms with Crippen molar-refractivity contribution in [3.63, 3.8) is 0 Å². The number of esters is 1. The molecule has 1 amide bonds. The zero-order valence-electron chi connectivity index (χ0n) is 13.6. The Labute approximate surface area is 143 Å². The van der Waals surface area contributed by atoms with E-state index in [1.807, 2.05) is 0 Å². The Morgan fingerprint density at radius 3 is 2.52 bits per heavy atom. The van der Waals surface area contributed by atoms with Gasteiger partial charge >= 0.3 is 5.97 Å². The lowest BCUT2D eigenvalue weighted by Crippen LogP contribution is -2.22. The maximum atomic E-state index is 12.0. The number of phenols is 1. The predicted octanol–water partition coefficient (Wildman–Crippen LogP) is 2.71. The first-order valence-electron chi connectivity index (χ1n) is 7.30. The van der Waals surface area contributed by atoms with Crippen LogP contribution in [0.1, 0.15) is 21.5 Å². The molecule has 0 aliphatic carbocycles. The summed E-state index contributed by atoms with van der Waals surface area (Å²) in [5, 5.41) is 23.1. The zero-order chi connectivity index (χ0) is 18.6. The number of phenolic OH excluding ortho intramolecular Hbond substituents is 1. The van der Waals surface area contributed by atoms with Gasteiger partial charge in [-0.05, 0) is 37.1 Å². The SMILES string of the molecule is Cc1ccc([N+](=O)[O-])c(NC(=O)COC(=O)c2ccccc2O)c1C. The Balaban J connectivity index is 2.09. The smallest absolute Gasteiger partial charge is 0.342 e. The summed E-state index contributed by atoms with van der Waals surface area (Å²) in [6, 6.07) is 8.63. The number of anilines is 1. The largest absolute Gasteiger partial charge is 0.507 e. The maximum absolute atomic E-state index is 12.0. The molecule has 0 aliphatic rings. The number of aryl methyl sites for hydroxylation is 1. The molecule has 2 aromatic rings. The van der Waals surface area contributed by atoms with E-state index >= 15 is 0 Å². The molecule has 8 nitrogen and oxygen atoms in total. The fourth-order valence-corrected chi connectivity index (χ4v) is 2.14. The van der Waals surface area contributed by atoms with Crippen LogP contribution >= 0.6 is 0 Å². The number of nitro groups is 1. The summed E-state index contributed by atoms with van der Waals surface area (Å²) in [5.74, 6) is -1.86. The normalized spacial score (nSPS) is 10.2. The lowest BCUT2D eigenvalue weighted by Gasteiger charge is -2.11. The van der Waals surface area contributed by atoms with Gasteiger partial charge in [-0.2, -0.15) is 0 Å². The average Bonchev–Trinajstić information content (AvgIpc) is 2.57. The van der Waals surface area contributed by atoms with Crippen LogP contribution in [0.2, 0.25) is 0 Å². The highest BCUT2D eigenvalue weighted by molar-refractivity contribution is 5.98. The van der Waals surface area contributed by atoms with Gasteiger partial charge in [-0.3, -0.25) is 14.9 Å². The van der Waals surface area contributed by atoms with E-state index in [1.54, 1.807) is 26.0 Å². The van der Waals surface area contributed by atoms with Crippen LogP contribution in [0.3, 0.4) is 0 Å². The quantitative estimate of drug-likeness (QED) is 0.489. The summed E-state index contributed by atoms with van der Waals surface area (Å²) >= 11 is 0. The van der Waals surface area contributed by atoms with Crippen molar-refractivity contribution in [2.24, 2.45) is 0 Å². The molecule has 0 bridgehead atoms. The maximum Gasteiger partial charge on any atom is 0.342 e. The molecule has 2 aromatic carbocycles. The van der Waals surface area contributed by atoms with E-state index in [0.717, 1.165) is 5.56 Å². The fraction of sp³-hybridized carbons (Fsp3) is 0.176. The molecular weight excluding hydrogens is 328 g/mol. The number of nitro benzene ring substituents is 1. The van der Waals surface area contributed by atoms with Crippen LogP contribution in [0.4, 0.5) is 11.4 Å². The number of para-hydroxylation sites is 1. The number of rotatable bonds is 5. The van der Waals surface area contributed by atoms with Gasteiger partial charge in [0.2, 0.25) is 0 Å². The minimum Gasteiger partial charge on any atom is -0.507 e. The van der Waals surface area contributed by atoms with E-state index in [1.165, 1.54) is 24.3 Å². The van der Waals surface area contributed by atoms with Crippen molar-refractivity contribution in [3.8, 4) is 5.75 Å². The van der Waals surface area contributed by atoms with Crippen molar-refractivity contribution in [2.75, 3.05) is 11.9 Å². The molecule has 2 rings (SSSR count). The molecule has 0 radical (unpaired) electrons. The van der Waals surface area contributed by atoms with Crippen molar-refractivity contribution in [2.45, 2.75) is 13.8 Å². The van der Waals surface area contributed by atoms with E-state index in [4.69, 9.17) is 4.74 Å². The minimum absolute atomic E-state index is 0.0635. The number of nitrogens with one attached hydrogen (secondary N) is 1. The summed E-state index contributed by atoms with van der Waals surface area (Å²) in [7, 11) is 0. The molecule has 2 N–H and O–H groups in total. The predicted molar refractivity (Wildman–Crippen MR) is 89.6 cm³/mol. The highest BCUT2D eigenvalue weighted by Crippen LogP contribution is 2.30. The molecule has 8 heteroatoms. The van der Waals surface area contributed by atoms with E-state index < -0.39 is 23.4 Å². The first kappa shape index (κ1) is 17.9. The number of hydrogen-bond acceptors (Lipinski definition) is 6. The third kappa shape index (κ3) is 4.11. The summed E-state index contributed by atoms with van der Waals surface area (Å²) in [6.45, 7) is 2.76. The molecule has 0 saturated heterocycles. The van der Waals surface area contributed by atoms with Gasteiger partial charge in [-0.1, -0.05) is 18.2 Å². The van der Waals surface area contributed by atoms with Crippen molar-refractivity contribution in [1.82, 2.24) is 0 Å². The Hall–Kier alpha value is -3.42. The molecule has 130 valence electrons. The van der Waals surface area contributed by atoms with Crippen molar-refractivity contribution in [3.05, 3.63) is 63.2 Å². The standard InChI is InChI=1S/C17H16N2O6/c1-10-7-8-13(19(23)24)16(11(10)2)18-15(21)9-25-17(22)12-5-3-4-6-14(12)20/h3-8,20H,9H2,1-2H3,(H,18,21). The van der Waals surface area contributed by atoms with Crippen LogP contribution in [0.25, 0.3) is 0 Å². The van der Waals surface area contributed by atoms with Crippen molar-refractivity contribution < 1.29 is 24.4 Å². The third-order valence-electron chi connectivity index (χ3n) is 3.63. The van der Waals surface area contributed by atoms with Gasteiger partial charge in [-0.25, -0.2) is 4.79 Å². The van der Waals surface area contributed by atoms with Gasteiger partial charge in [0.05, 0.1) is 4.92 Å². The summed E-state index contributed by atoms with van der Waals surface area (Å²) in [6.07, 6.45) is 0. The van der Waals surface area contributed by atoms with Crippen LogP contribution in [0.15, 0.2) is 36.4 Å². The second-order valence-corrected chi connectivity index (χ2v) is 5.30. The third-order valence-corrected chi connectivity index (χ3v) is 3.63. The second-order valence-electron chi connectivity index (χ2n) is 5.30. The molecule has 0 fully saturated rings. The average molecular weight is 344 g/mol. The molecule has 0 atom stereocenters. The van der Waals surface area contributed by atoms with Crippen LogP contribution in [0.5, 0.6) is 5.75 Å². The molecule has 0 spiro atoms. The Kier molecular flexibility index (Phi) is 5.33. The highest BCUT2D eigenvalue weighted by atomic mass is 16.6. The lowest BCUT2D eigenvalue weighted by atomic mass is 10.1. The van der Waals surface area contributed by atoms with Crippen molar-refractivity contribution in [1.29, 1.82) is 0 Å². The molecular formula is C17H16N2O6. The van der Waals surface area contributed by atoms with Gasteiger partial charge in [-0.15, -0.1) is 0 Å². The van der Waals surface area contributed by atoms with Gasteiger partial charge in [0.25, 0.3) is 11.6 Å². The number of hydrogen-bond donors (Lipinski definition) is 2. The fourth-order valence-electron chi connectivity index (χ4n) is 2.14. The van der Waals surface area contributed by atoms with E-state index in [0.29, 0.717) is 5.56 Å². The molecule has 0 aromatic heterocycles. The number of carbonyl (C=O) groups is 2. The van der Waals surface area contributed by atoms with Crippen LogP contribution < -0.4 is 5.32 Å². The Bertz CT molecular complexity index is 847. The molecule has 0 saturated carbocycles. The number of ether oxygens (including phenoxy) is 1. The number of carbonyl (C=O) groups excluding carboxylic acids is 2. The van der Waals surface area contributed by atoms with Crippen LogP contribution in [-0.2, 0) is 9.53 Å². The molecule has 0 heterocycles. The first-order valence-corrected chi connectivity index (χ1v) is 7.30. The first-order chi connectivity index (χ1) is 11.8. The highest BCUT2D eigenvalue weighted by Gasteiger charge is 2.20.